The third-order valence-electron chi connectivity index (χ3n) is 5.50. The number of carbonyl (C=O) groups excluding carboxylic acids is 1. The van der Waals surface area contributed by atoms with Crippen LogP contribution in [0.15, 0.2) is 67.0 Å². The van der Waals surface area contributed by atoms with Crippen LogP contribution in [0.5, 0.6) is 5.75 Å². The van der Waals surface area contributed by atoms with Crippen LogP contribution in [0.25, 0.3) is 0 Å². The number of hydrogen-bond donors (Lipinski definition) is 1. The number of hydrogen-bond acceptors (Lipinski definition) is 4. The summed E-state index contributed by atoms with van der Waals surface area (Å²) >= 11 is 0. The standard InChI is InChI=1S/C23H27N5O2/c1-26-12-11-24-22(26)21(18-7-6-10-20(17-18)30-2)25-23(29)28-15-13-27(14-16-28)19-8-4-3-5-9-19/h3-12,17,21H,13-16H2,1-2H3,(H,25,29). The van der Waals surface area contributed by atoms with E-state index in [0.717, 1.165) is 30.2 Å². The van der Waals surface area contributed by atoms with Gasteiger partial charge in [0.2, 0.25) is 0 Å². The first kappa shape index (κ1) is 19.8. The fourth-order valence-corrected chi connectivity index (χ4v) is 3.79. The summed E-state index contributed by atoms with van der Waals surface area (Å²) in [7, 11) is 3.57. The molecule has 1 aliphatic rings. The van der Waals surface area contributed by atoms with Crippen LogP contribution in [0, 0.1) is 0 Å². The summed E-state index contributed by atoms with van der Waals surface area (Å²) in [5.74, 6) is 1.52. The second-order valence-corrected chi connectivity index (χ2v) is 7.37. The van der Waals surface area contributed by atoms with Gasteiger partial charge in [0.1, 0.15) is 17.6 Å². The molecule has 0 aliphatic carbocycles. The molecule has 30 heavy (non-hydrogen) atoms. The number of piperazine rings is 1. The number of benzene rings is 2. The number of para-hydroxylation sites is 1. The molecule has 0 saturated carbocycles. The summed E-state index contributed by atoms with van der Waals surface area (Å²) in [6.07, 6.45) is 3.63. The molecule has 2 aromatic carbocycles. The third-order valence-corrected chi connectivity index (χ3v) is 5.50. The molecule has 1 aromatic heterocycles. The molecule has 1 saturated heterocycles. The van der Waals surface area contributed by atoms with Crippen molar-refractivity contribution in [3.8, 4) is 5.75 Å². The Balaban J connectivity index is 1.48. The van der Waals surface area contributed by atoms with E-state index in [4.69, 9.17) is 4.74 Å². The van der Waals surface area contributed by atoms with Crippen LogP contribution in [0.2, 0.25) is 0 Å². The van der Waals surface area contributed by atoms with E-state index in [1.165, 1.54) is 5.69 Å². The number of nitrogens with one attached hydrogen (secondary N) is 1. The number of amides is 2. The summed E-state index contributed by atoms with van der Waals surface area (Å²) < 4.78 is 7.30. The molecule has 1 N–H and O–H groups in total. The Hall–Kier alpha value is -3.48. The smallest absolute Gasteiger partial charge is 0.318 e. The lowest BCUT2D eigenvalue weighted by Gasteiger charge is -2.36. The second kappa shape index (κ2) is 8.90. The summed E-state index contributed by atoms with van der Waals surface area (Å²) in [6, 6.07) is 17.6. The monoisotopic (exact) mass is 405 g/mol. The van der Waals surface area contributed by atoms with Gasteiger partial charge in [0.15, 0.2) is 0 Å². The summed E-state index contributed by atoms with van der Waals surface area (Å²) in [5, 5.41) is 3.18. The van der Waals surface area contributed by atoms with E-state index in [2.05, 4.69) is 27.3 Å². The Morgan fingerprint density at radius 1 is 1.07 bits per heavy atom. The molecule has 1 atom stereocenters. The lowest BCUT2D eigenvalue weighted by atomic mass is 10.1. The van der Waals surface area contributed by atoms with Crippen molar-refractivity contribution in [3.63, 3.8) is 0 Å². The summed E-state index contributed by atoms with van der Waals surface area (Å²) in [6.45, 7) is 2.96. The largest absolute Gasteiger partial charge is 0.497 e. The zero-order valence-electron chi connectivity index (χ0n) is 17.4. The van der Waals surface area contributed by atoms with Gasteiger partial charge >= 0.3 is 6.03 Å². The molecule has 0 bridgehead atoms. The zero-order valence-corrected chi connectivity index (χ0v) is 17.4. The van der Waals surface area contributed by atoms with E-state index in [0.29, 0.717) is 13.1 Å². The topological polar surface area (TPSA) is 62.6 Å². The van der Waals surface area contributed by atoms with Crippen molar-refractivity contribution in [1.29, 1.82) is 0 Å². The number of rotatable bonds is 5. The Bertz CT molecular complexity index is 980. The molecule has 7 nitrogen and oxygen atoms in total. The fourth-order valence-electron chi connectivity index (χ4n) is 3.79. The van der Waals surface area contributed by atoms with Crippen LogP contribution in [0.3, 0.4) is 0 Å². The second-order valence-electron chi connectivity index (χ2n) is 7.37. The number of imidazole rings is 1. The predicted octanol–water partition coefficient (Wildman–Crippen LogP) is 3.05. The van der Waals surface area contributed by atoms with E-state index in [9.17, 15) is 4.79 Å². The van der Waals surface area contributed by atoms with E-state index in [1.54, 1.807) is 13.3 Å². The quantitative estimate of drug-likeness (QED) is 0.709. The normalized spacial score (nSPS) is 15.0. The van der Waals surface area contributed by atoms with Crippen LogP contribution < -0.4 is 15.0 Å². The summed E-state index contributed by atoms with van der Waals surface area (Å²) in [4.78, 5) is 21.8. The molecule has 1 unspecified atom stereocenters. The van der Waals surface area contributed by atoms with Crippen LogP contribution in [0.4, 0.5) is 10.5 Å². The molecule has 2 heterocycles. The number of ether oxygens (including phenoxy) is 1. The molecular formula is C23H27N5O2. The van der Waals surface area contributed by atoms with Crippen LogP contribution in [-0.4, -0.2) is 53.8 Å². The minimum absolute atomic E-state index is 0.0847. The van der Waals surface area contributed by atoms with Gasteiger partial charge in [0.05, 0.1) is 7.11 Å². The lowest BCUT2D eigenvalue weighted by Crippen LogP contribution is -2.52. The molecule has 3 aromatic rings. The van der Waals surface area contributed by atoms with Crippen molar-refractivity contribution in [2.75, 3.05) is 38.2 Å². The lowest BCUT2D eigenvalue weighted by molar-refractivity contribution is 0.191. The van der Waals surface area contributed by atoms with Gasteiger partial charge in [0.25, 0.3) is 0 Å². The Morgan fingerprint density at radius 2 is 1.83 bits per heavy atom. The number of anilines is 1. The van der Waals surface area contributed by atoms with Gasteiger partial charge in [-0.25, -0.2) is 9.78 Å². The molecular weight excluding hydrogens is 378 g/mol. The van der Waals surface area contributed by atoms with Gasteiger partial charge in [0, 0.05) is 51.3 Å². The van der Waals surface area contributed by atoms with Crippen LogP contribution in [-0.2, 0) is 7.05 Å². The third kappa shape index (κ3) is 4.25. The number of methoxy groups -OCH3 is 1. The first-order valence-corrected chi connectivity index (χ1v) is 10.1. The molecule has 4 rings (SSSR count). The average Bonchev–Trinajstić information content (AvgIpc) is 3.23. The van der Waals surface area contributed by atoms with Crippen molar-refractivity contribution < 1.29 is 9.53 Å². The van der Waals surface area contributed by atoms with Crippen LogP contribution >= 0.6 is 0 Å². The number of nitrogens with zero attached hydrogens (tertiary/aromatic N) is 4. The molecule has 0 radical (unpaired) electrons. The highest BCUT2D eigenvalue weighted by molar-refractivity contribution is 5.75. The minimum atomic E-state index is -0.361. The van der Waals surface area contributed by atoms with E-state index < -0.39 is 0 Å². The van der Waals surface area contributed by atoms with Gasteiger partial charge in [-0.05, 0) is 29.8 Å². The highest BCUT2D eigenvalue weighted by Gasteiger charge is 2.26. The molecule has 1 aliphatic heterocycles. The summed E-state index contributed by atoms with van der Waals surface area (Å²) in [5.41, 5.74) is 2.12. The van der Waals surface area contributed by atoms with E-state index in [-0.39, 0.29) is 12.1 Å². The Morgan fingerprint density at radius 3 is 2.50 bits per heavy atom. The zero-order chi connectivity index (χ0) is 20.9. The van der Waals surface area contributed by atoms with E-state index >= 15 is 0 Å². The number of aromatic nitrogens is 2. The maximum Gasteiger partial charge on any atom is 0.318 e. The first-order chi connectivity index (χ1) is 14.7. The highest BCUT2D eigenvalue weighted by atomic mass is 16.5. The Kier molecular flexibility index (Phi) is 5.88. The van der Waals surface area contributed by atoms with Gasteiger partial charge in [-0.1, -0.05) is 30.3 Å². The van der Waals surface area contributed by atoms with Crippen LogP contribution in [0.1, 0.15) is 17.4 Å². The number of carbonyl (C=O) groups is 1. The van der Waals surface area contributed by atoms with Crippen molar-refractivity contribution in [3.05, 3.63) is 78.4 Å². The predicted molar refractivity (Wildman–Crippen MR) is 117 cm³/mol. The van der Waals surface area contributed by atoms with Crippen molar-refractivity contribution in [2.45, 2.75) is 6.04 Å². The molecule has 7 heteroatoms. The average molecular weight is 406 g/mol. The highest BCUT2D eigenvalue weighted by Crippen LogP contribution is 2.25. The van der Waals surface area contributed by atoms with Gasteiger partial charge in [-0.15, -0.1) is 0 Å². The number of urea groups is 1. The van der Waals surface area contributed by atoms with Crippen molar-refractivity contribution in [1.82, 2.24) is 19.8 Å². The van der Waals surface area contributed by atoms with Gasteiger partial charge in [-0.3, -0.25) is 0 Å². The van der Waals surface area contributed by atoms with Crippen molar-refractivity contribution in [2.24, 2.45) is 7.05 Å². The maximum absolute atomic E-state index is 13.1. The molecule has 1 fully saturated rings. The SMILES string of the molecule is COc1cccc(C(NC(=O)N2CCN(c3ccccc3)CC2)c2nccn2C)c1. The fraction of sp³-hybridized carbons (Fsp3) is 0.304. The minimum Gasteiger partial charge on any atom is -0.497 e. The first-order valence-electron chi connectivity index (χ1n) is 10.1. The number of aryl methyl sites for hydroxylation is 1. The molecule has 156 valence electrons. The maximum atomic E-state index is 13.1. The Labute approximate surface area is 176 Å². The molecule has 0 spiro atoms. The van der Waals surface area contributed by atoms with Crippen molar-refractivity contribution >= 4 is 11.7 Å². The van der Waals surface area contributed by atoms with Gasteiger partial charge < -0.3 is 24.4 Å². The van der Waals surface area contributed by atoms with E-state index in [1.807, 2.05) is 65.2 Å². The molecule has 2 amide bonds. The van der Waals surface area contributed by atoms with Gasteiger partial charge in [-0.2, -0.15) is 0 Å².